The maximum Gasteiger partial charge on any atom is 0.234 e. The van der Waals surface area contributed by atoms with E-state index in [0.717, 1.165) is 23.1 Å². The van der Waals surface area contributed by atoms with Gasteiger partial charge in [-0.2, -0.15) is 0 Å². The molecule has 0 saturated heterocycles. The molecule has 3 rings (SSSR count). The Balaban J connectivity index is 1.53. The first-order chi connectivity index (χ1) is 12.5. The minimum atomic E-state index is -0.0462. The lowest BCUT2D eigenvalue weighted by molar-refractivity contribution is -0.113. The largest absolute Gasteiger partial charge is 0.325 e. The van der Waals surface area contributed by atoms with Crippen molar-refractivity contribution in [2.45, 2.75) is 31.3 Å². The van der Waals surface area contributed by atoms with Crippen LogP contribution in [-0.4, -0.2) is 26.4 Å². The van der Waals surface area contributed by atoms with Crippen molar-refractivity contribution >= 4 is 34.7 Å². The first kappa shape index (κ1) is 18.7. The Morgan fingerprint density at radius 3 is 2.65 bits per heavy atom. The first-order valence-corrected chi connectivity index (χ1v) is 10.3. The van der Waals surface area contributed by atoms with Crippen LogP contribution < -0.4 is 5.32 Å². The summed E-state index contributed by atoms with van der Waals surface area (Å²) in [6, 6.07) is 12.1. The highest BCUT2D eigenvalue weighted by Crippen LogP contribution is 2.20. The molecule has 0 aliphatic heterocycles. The Morgan fingerprint density at radius 2 is 2.00 bits per heavy atom. The van der Waals surface area contributed by atoms with Crippen LogP contribution in [0.3, 0.4) is 0 Å². The molecule has 0 fully saturated rings. The summed E-state index contributed by atoms with van der Waals surface area (Å²) in [4.78, 5) is 13.4. The molecule has 0 radical (unpaired) electrons. The number of thioether (sulfide) groups is 1. The van der Waals surface area contributed by atoms with Crippen LogP contribution in [0.1, 0.15) is 36.0 Å². The van der Waals surface area contributed by atoms with E-state index in [4.69, 9.17) is 0 Å². The first-order valence-electron chi connectivity index (χ1n) is 8.46. The topological polar surface area (TPSA) is 59.8 Å². The van der Waals surface area contributed by atoms with E-state index in [-0.39, 0.29) is 5.91 Å². The third-order valence-electron chi connectivity index (χ3n) is 4.03. The molecule has 1 aromatic carbocycles. The number of hydrogen-bond donors (Lipinski definition) is 1. The number of rotatable bonds is 7. The van der Waals surface area contributed by atoms with Crippen molar-refractivity contribution in [3.8, 4) is 0 Å². The van der Waals surface area contributed by atoms with Crippen molar-refractivity contribution in [2.24, 2.45) is 7.05 Å². The fourth-order valence-corrected chi connectivity index (χ4v) is 3.90. The van der Waals surface area contributed by atoms with Crippen LogP contribution in [-0.2, 0) is 18.3 Å². The molecule has 5 nitrogen and oxygen atoms in total. The second-order valence-corrected chi connectivity index (χ2v) is 8.30. The summed E-state index contributed by atoms with van der Waals surface area (Å²) in [5.74, 6) is 1.64. The van der Waals surface area contributed by atoms with Crippen LogP contribution in [0, 0.1) is 0 Å². The zero-order chi connectivity index (χ0) is 18.5. The van der Waals surface area contributed by atoms with Crippen LogP contribution in [0.25, 0.3) is 0 Å². The van der Waals surface area contributed by atoms with Gasteiger partial charge in [0.1, 0.15) is 5.82 Å². The maximum absolute atomic E-state index is 12.2. The smallest absolute Gasteiger partial charge is 0.234 e. The summed E-state index contributed by atoms with van der Waals surface area (Å²) >= 11 is 3.10. The molecule has 0 saturated carbocycles. The average Bonchev–Trinajstić information content (AvgIpc) is 3.25. The molecule has 2 heterocycles. The van der Waals surface area contributed by atoms with Gasteiger partial charge < -0.3 is 9.88 Å². The summed E-state index contributed by atoms with van der Waals surface area (Å²) in [5, 5.41) is 14.2. The van der Waals surface area contributed by atoms with Gasteiger partial charge in [0.15, 0.2) is 5.16 Å². The number of nitrogens with one attached hydrogen (secondary N) is 1. The van der Waals surface area contributed by atoms with Crippen molar-refractivity contribution in [3.05, 3.63) is 58.0 Å². The van der Waals surface area contributed by atoms with Gasteiger partial charge in [-0.3, -0.25) is 4.79 Å². The van der Waals surface area contributed by atoms with Crippen molar-refractivity contribution in [1.29, 1.82) is 0 Å². The third kappa shape index (κ3) is 4.74. The standard InChI is InChI=1S/C19H22N4OS2/c1-13(2)14-6-8-15(9-7-14)20-18(24)12-26-19-22-21-17(23(19)3)11-16-5-4-10-25-16/h4-10,13H,11-12H2,1-3H3,(H,20,24). The van der Waals surface area contributed by atoms with Crippen molar-refractivity contribution in [1.82, 2.24) is 14.8 Å². The highest BCUT2D eigenvalue weighted by atomic mass is 32.2. The van der Waals surface area contributed by atoms with Crippen molar-refractivity contribution < 1.29 is 4.79 Å². The van der Waals surface area contributed by atoms with Crippen LogP contribution in [0.4, 0.5) is 5.69 Å². The molecule has 0 aliphatic carbocycles. The second-order valence-electron chi connectivity index (χ2n) is 6.33. The van der Waals surface area contributed by atoms with E-state index >= 15 is 0 Å². The lowest BCUT2D eigenvalue weighted by Crippen LogP contribution is -2.14. The Labute approximate surface area is 161 Å². The van der Waals surface area contributed by atoms with E-state index in [2.05, 4.69) is 40.8 Å². The molecule has 1 amide bonds. The molecule has 1 N–H and O–H groups in total. The zero-order valence-electron chi connectivity index (χ0n) is 15.1. The van der Waals surface area contributed by atoms with Crippen LogP contribution in [0.5, 0.6) is 0 Å². The van der Waals surface area contributed by atoms with Crippen LogP contribution >= 0.6 is 23.1 Å². The van der Waals surface area contributed by atoms with Gasteiger partial charge in [-0.15, -0.1) is 21.5 Å². The van der Waals surface area contributed by atoms with Crippen LogP contribution in [0.2, 0.25) is 0 Å². The van der Waals surface area contributed by atoms with Gasteiger partial charge in [0.05, 0.1) is 5.75 Å². The summed E-state index contributed by atoms with van der Waals surface area (Å²) in [5.41, 5.74) is 2.08. The van der Waals surface area contributed by atoms with E-state index in [0.29, 0.717) is 11.7 Å². The van der Waals surface area contributed by atoms with E-state index < -0.39 is 0 Å². The summed E-state index contributed by atoms with van der Waals surface area (Å²) in [6.45, 7) is 4.30. The number of thiophene rings is 1. The molecular weight excluding hydrogens is 364 g/mol. The van der Waals surface area contributed by atoms with E-state index in [1.54, 1.807) is 11.3 Å². The number of hydrogen-bond acceptors (Lipinski definition) is 5. The predicted molar refractivity (Wildman–Crippen MR) is 108 cm³/mol. The van der Waals surface area contributed by atoms with Gasteiger partial charge in [0, 0.05) is 24.0 Å². The van der Waals surface area contributed by atoms with Gasteiger partial charge in [-0.05, 0) is 35.1 Å². The number of aromatic nitrogens is 3. The molecule has 136 valence electrons. The monoisotopic (exact) mass is 386 g/mol. The van der Waals surface area contributed by atoms with Gasteiger partial charge in [0.2, 0.25) is 5.91 Å². The fourth-order valence-electron chi connectivity index (χ4n) is 2.47. The molecule has 0 spiro atoms. The number of benzene rings is 1. The molecule has 26 heavy (non-hydrogen) atoms. The minimum absolute atomic E-state index is 0.0462. The van der Waals surface area contributed by atoms with Crippen LogP contribution in [0.15, 0.2) is 46.9 Å². The summed E-state index contributed by atoms with van der Waals surface area (Å²) in [6.07, 6.45) is 0.760. The molecule has 7 heteroatoms. The minimum Gasteiger partial charge on any atom is -0.325 e. The fraction of sp³-hybridized carbons (Fsp3) is 0.316. The Bertz CT molecular complexity index is 854. The highest BCUT2D eigenvalue weighted by Gasteiger charge is 2.12. The number of carbonyl (C=O) groups excluding carboxylic acids is 1. The number of nitrogens with zero attached hydrogens (tertiary/aromatic N) is 3. The van der Waals surface area contributed by atoms with Gasteiger partial charge >= 0.3 is 0 Å². The summed E-state index contributed by atoms with van der Waals surface area (Å²) < 4.78 is 1.95. The van der Waals surface area contributed by atoms with E-state index in [9.17, 15) is 4.79 Å². The average molecular weight is 387 g/mol. The molecule has 0 atom stereocenters. The molecule has 0 unspecified atom stereocenters. The number of amides is 1. The SMILES string of the molecule is CC(C)c1ccc(NC(=O)CSc2nnc(Cc3cccs3)n2C)cc1. The molecule has 0 aliphatic rings. The maximum atomic E-state index is 12.2. The predicted octanol–water partition coefficient (Wildman–Crippen LogP) is 4.32. The second kappa shape index (κ2) is 8.51. The molecular formula is C19H22N4OS2. The Kier molecular flexibility index (Phi) is 6.11. The molecule has 3 aromatic rings. The quantitative estimate of drug-likeness (QED) is 0.614. The number of anilines is 1. The lowest BCUT2D eigenvalue weighted by atomic mass is 10.0. The normalized spacial score (nSPS) is 11.1. The molecule has 2 aromatic heterocycles. The van der Waals surface area contributed by atoms with E-state index in [1.807, 2.05) is 41.9 Å². The zero-order valence-corrected chi connectivity index (χ0v) is 16.7. The van der Waals surface area contributed by atoms with E-state index in [1.165, 1.54) is 22.2 Å². The third-order valence-corrected chi connectivity index (χ3v) is 5.93. The van der Waals surface area contributed by atoms with Gasteiger partial charge in [-0.25, -0.2) is 0 Å². The van der Waals surface area contributed by atoms with Gasteiger partial charge in [-0.1, -0.05) is 43.8 Å². The molecule has 0 bridgehead atoms. The number of carbonyl (C=O) groups is 1. The highest BCUT2D eigenvalue weighted by molar-refractivity contribution is 7.99. The summed E-state index contributed by atoms with van der Waals surface area (Å²) in [7, 11) is 1.94. The van der Waals surface area contributed by atoms with Crippen molar-refractivity contribution in [2.75, 3.05) is 11.1 Å². The Morgan fingerprint density at radius 1 is 1.23 bits per heavy atom. The van der Waals surface area contributed by atoms with Crippen molar-refractivity contribution in [3.63, 3.8) is 0 Å². The Hall–Kier alpha value is -2.12. The lowest BCUT2D eigenvalue weighted by Gasteiger charge is -2.08. The van der Waals surface area contributed by atoms with Gasteiger partial charge in [0.25, 0.3) is 0 Å².